The molecule has 4 rings (SSSR count). The number of ether oxygens (including phenoxy) is 1. The number of benzene rings is 2. The Balaban J connectivity index is 1.30. The van der Waals surface area contributed by atoms with Crippen LogP contribution in [0.2, 0.25) is 0 Å². The van der Waals surface area contributed by atoms with Gasteiger partial charge in [-0.05, 0) is 43.5 Å². The van der Waals surface area contributed by atoms with Gasteiger partial charge in [0.2, 0.25) is 0 Å². The Morgan fingerprint density at radius 3 is 2.27 bits per heavy atom. The van der Waals surface area contributed by atoms with Crippen molar-refractivity contribution in [3.05, 3.63) is 60.2 Å². The van der Waals surface area contributed by atoms with E-state index >= 15 is 0 Å². The maximum atomic E-state index is 5.99. The molecule has 2 aromatic carbocycles. The molecule has 2 fully saturated rings. The minimum Gasteiger partial charge on any atom is -0.457 e. The average Bonchev–Trinajstić information content (AvgIpc) is 2.70. The number of hydrogen-bond donors (Lipinski definition) is 2. The van der Waals surface area contributed by atoms with Gasteiger partial charge in [0.15, 0.2) is 0 Å². The second-order valence-electron chi connectivity index (χ2n) is 7.98. The van der Waals surface area contributed by atoms with Crippen LogP contribution in [0, 0.1) is 0 Å². The highest BCUT2D eigenvalue weighted by atomic mass is 16.5. The zero-order valence-electron chi connectivity index (χ0n) is 15.8. The predicted molar refractivity (Wildman–Crippen MR) is 105 cm³/mol. The van der Waals surface area contributed by atoms with Gasteiger partial charge in [-0.1, -0.05) is 30.3 Å². The third-order valence-corrected chi connectivity index (χ3v) is 6.10. The van der Waals surface area contributed by atoms with Gasteiger partial charge in [-0.15, -0.1) is 0 Å². The van der Waals surface area contributed by atoms with Gasteiger partial charge >= 0.3 is 0 Å². The molecule has 2 N–H and O–H groups in total. The second kappa shape index (κ2) is 8.70. The summed E-state index contributed by atoms with van der Waals surface area (Å²) in [7, 11) is 0. The summed E-state index contributed by atoms with van der Waals surface area (Å²) >= 11 is 0. The first-order valence-corrected chi connectivity index (χ1v) is 10.4. The summed E-state index contributed by atoms with van der Waals surface area (Å²) in [6, 6.07) is 19.6. The summed E-state index contributed by atoms with van der Waals surface area (Å²) < 4.78 is 5.99. The lowest BCUT2D eigenvalue weighted by Gasteiger charge is -2.36. The van der Waals surface area contributed by atoms with Crippen LogP contribution >= 0.6 is 0 Å². The van der Waals surface area contributed by atoms with Crippen molar-refractivity contribution in [2.75, 3.05) is 26.2 Å². The summed E-state index contributed by atoms with van der Waals surface area (Å²) in [6.07, 6.45) is 7.12. The number of rotatable bonds is 5. The molecule has 0 saturated carbocycles. The molecule has 138 valence electrons. The van der Waals surface area contributed by atoms with Crippen LogP contribution in [0.4, 0.5) is 0 Å². The van der Waals surface area contributed by atoms with Gasteiger partial charge in [-0.3, -0.25) is 0 Å². The molecule has 2 aliphatic heterocycles. The molecule has 2 aliphatic rings. The van der Waals surface area contributed by atoms with Crippen LogP contribution in [0.3, 0.4) is 0 Å². The van der Waals surface area contributed by atoms with Gasteiger partial charge < -0.3 is 14.5 Å². The Labute approximate surface area is 157 Å². The largest absolute Gasteiger partial charge is 0.457 e. The fraction of sp³-hybridized carbons (Fsp3) is 0.478. The highest BCUT2D eigenvalue weighted by Crippen LogP contribution is 2.21. The van der Waals surface area contributed by atoms with Gasteiger partial charge in [0.1, 0.15) is 18.0 Å². The Morgan fingerprint density at radius 2 is 1.50 bits per heavy atom. The Hall–Kier alpha value is -1.84. The van der Waals surface area contributed by atoms with E-state index in [2.05, 4.69) is 24.3 Å². The topological polar surface area (TPSA) is 18.1 Å². The summed E-state index contributed by atoms with van der Waals surface area (Å²) in [6.45, 7) is 6.58. The van der Waals surface area contributed by atoms with Crippen molar-refractivity contribution >= 4 is 0 Å². The van der Waals surface area contributed by atoms with Crippen molar-refractivity contribution in [2.45, 2.75) is 44.7 Å². The fourth-order valence-electron chi connectivity index (χ4n) is 4.66. The van der Waals surface area contributed by atoms with Crippen molar-refractivity contribution in [1.29, 1.82) is 0 Å². The minimum absolute atomic E-state index is 0.905. The molecule has 2 aromatic rings. The highest BCUT2D eigenvalue weighted by Gasteiger charge is 2.30. The molecule has 0 radical (unpaired) electrons. The van der Waals surface area contributed by atoms with E-state index in [9.17, 15) is 0 Å². The lowest BCUT2D eigenvalue weighted by atomic mass is 9.99. The molecule has 0 unspecified atom stereocenters. The van der Waals surface area contributed by atoms with Crippen LogP contribution < -0.4 is 14.5 Å². The van der Waals surface area contributed by atoms with Crippen molar-refractivity contribution < 1.29 is 14.5 Å². The average molecular weight is 353 g/mol. The molecule has 0 atom stereocenters. The van der Waals surface area contributed by atoms with Crippen LogP contribution in [-0.2, 0) is 6.54 Å². The Kier molecular flexibility index (Phi) is 5.88. The fourth-order valence-corrected chi connectivity index (χ4v) is 4.66. The third-order valence-electron chi connectivity index (χ3n) is 6.10. The molecule has 0 aromatic heterocycles. The number of hydrogen-bond acceptors (Lipinski definition) is 1. The zero-order chi connectivity index (χ0) is 17.6. The van der Waals surface area contributed by atoms with Gasteiger partial charge in [0.25, 0.3) is 0 Å². The molecule has 0 bridgehead atoms. The summed E-state index contributed by atoms with van der Waals surface area (Å²) in [5.41, 5.74) is 1.39. The first kappa shape index (κ1) is 17.6. The number of nitrogens with one attached hydrogen (secondary N) is 2. The van der Waals surface area contributed by atoms with Crippen LogP contribution in [0.1, 0.15) is 37.7 Å². The zero-order valence-corrected chi connectivity index (χ0v) is 15.8. The van der Waals surface area contributed by atoms with Crippen LogP contribution in [0.25, 0.3) is 0 Å². The second-order valence-corrected chi connectivity index (χ2v) is 7.98. The standard InChI is InChI=1S/C23H30N2O/c1-3-9-22(10-4-1)26-23-11-7-8-20(18-23)19-24-16-12-21(13-17-24)25-14-5-2-6-15-25/h1,3-4,7-11,18,21H,2,5-6,12-17,19H2/p+2. The molecule has 0 aliphatic carbocycles. The molecule has 2 heterocycles. The lowest BCUT2D eigenvalue weighted by molar-refractivity contribution is -0.965. The highest BCUT2D eigenvalue weighted by molar-refractivity contribution is 5.33. The van der Waals surface area contributed by atoms with E-state index < -0.39 is 0 Å². The van der Waals surface area contributed by atoms with Gasteiger partial charge in [-0.2, -0.15) is 0 Å². The quantitative estimate of drug-likeness (QED) is 0.843. The van der Waals surface area contributed by atoms with Crippen LogP contribution in [0.15, 0.2) is 54.6 Å². The summed E-state index contributed by atoms with van der Waals surface area (Å²) in [5, 5.41) is 0. The Bertz CT molecular complexity index is 674. The first-order valence-electron chi connectivity index (χ1n) is 10.4. The van der Waals surface area contributed by atoms with Crippen LogP contribution in [-0.4, -0.2) is 32.2 Å². The maximum absolute atomic E-state index is 5.99. The van der Waals surface area contributed by atoms with Crippen molar-refractivity contribution in [2.24, 2.45) is 0 Å². The van der Waals surface area contributed by atoms with E-state index in [-0.39, 0.29) is 0 Å². The van der Waals surface area contributed by atoms with E-state index in [0.29, 0.717) is 0 Å². The number of piperidine rings is 2. The summed E-state index contributed by atoms with van der Waals surface area (Å²) in [5.74, 6) is 1.85. The molecule has 0 spiro atoms. The van der Waals surface area contributed by atoms with E-state index in [4.69, 9.17) is 4.74 Å². The van der Waals surface area contributed by atoms with E-state index in [1.807, 2.05) is 35.2 Å². The molecule has 0 amide bonds. The maximum Gasteiger partial charge on any atom is 0.127 e. The van der Waals surface area contributed by atoms with Gasteiger partial charge in [-0.25, -0.2) is 0 Å². The Morgan fingerprint density at radius 1 is 0.769 bits per heavy atom. The van der Waals surface area contributed by atoms with E-state index in [0.717, 1.165) is 24.1 Å². The number of para-hydroxylation sites is 1. The first-order chi connectivity index (χ1) is 12.9. The number of likely N-dealkylation sites (tertiary alicyclic amines) is 2. The summed E-state index contributed by atoms with van der Waals surface area (Å²) in [4.78, 5) is 3.63. The van der Waals surface area contributed by atoms with Crippen LogP contribution in [0.5, 0.6) is 11.5 Å². The minimum atomic E-state index is 0.905. The van der Waals surface area contributed by atoms with Crippen molar-refractivity contribution in [3.63, 3.8) is 0 Å². The predicted octanol–water partition coefficient (Wildman–Crippen LogP) is 2.09. The van der Waals surface area contributed by atoms with Gasteiger partial charge in [0.05, 0.1) is 32.2 Å². The monoisotopic (exact) mass is 352 g/mol. The third kappa shape index (κ3) is 4.66. The molecule has 3 heteroatoms. The smallest absolute Gasteiger partial charge is 0.127 e. The van der Waals surface area contributed by atoms with Crippen molar-refractivity contribution in [1.82, 2.24) is 0 Å². The van der Waals surface area contributed by atoms with Gasteiger partial charge in [0, 0.05) is 18.4 Å². The molecular formula is C23H32N2O+2. The lowest BCUT2D eigenvalue weighted by Crippen LogP contribution is -3.20. The normalized spacial score (nSPS) is 24.3. The number of quaternary nitrogens is 2. The van der Waals surface area contributed by atoms with Crippen molar-refractivity contribution in [3.8, 4) is 11.5 Å². The molecule has 3 nitrogen and oxygen atoms in total. The van der Waals surface area contributed by atoms with E-state index in [1.54, 1.807) is 4.90 Å². The molecule has 26 heavy (non-hydrogen) atoms. The molecule has 2 saturated heterocycles. The van der Waals surface area contributed by atoms with E-state index in [1.165, 1.54) is 63.8 Å². The SMILES string of the molecule is c1ccc(Oc2cccc(C[NH+]3CCC([NH+]4CCCCC4)CC3)c2)cc1. The molecular weight excluding hydrogens is 320 g/mol.